The van der Waals surface area contributed by atoms with E-state index in [4.69, 9.17) is 23.2 Å². The van der Waals surface area contributed by atoms with Crippen molar-refractivity contribution < 1.29 is 9.59 Å². The zero-order chi connectivity index (χ0) is 28.7. The number of rotatable bonds is 8. The van der Waals surface area contributed by atoms with Crippen molar-refractivity contribution in [3.63, 3.8) is 0 Å². The van der Waals surface area contributed by atoms with Crippen molar-refractivity contribution in [3.05, 3.63) is 167 Å². The number of benzene rings is 5. The van der Waals surface area contributed by atoms with Gasteiger partial charge in [-0.1, -0.05) is 84.4 Å². The first-order valence-corrected chi connectivity index (χ1v) is 15.4. The highest BCUT2D eigenvalue weighted by atomic mass is 35.5. The number of amides is 2. The number of hydrogen-bond donors (Lipinski definition) is 2. The normalized spacial score (nSPS) is 11.8. The summed E-state index contributed by atoms with van der Waals surface area (Å²) in [6.45, 7) is 0. The number of hydrogen-bond acceptors (Lipinski definition) is 2. The Kier molecular flexibility index (Phi) is 8.96. The number of nitrogens with one attached hydrogen (secondary N) is 2. The summed E-state index contributed by atoms with van der Waals surface area (Å²) in [5.41, 5.74) is 0.885. The number of carbonyl (C=O) groups is 2. The second kappa shape index (κ2) is 13.0. The Balaban J connectivity index is 1.78. The van der Waals surface area contributed by atoms with Crippen molar-refractivity contribution in [2.75, 3.05) is 5.32 Å². The monoisotopic (exact) mass is 595 g/mol. The molecule has 0 fully saturated rings. The molecule has 4 nitrogen and oxygen atoms in total. The van der Waals surface area contributed by atoms with Crippen LogP contribution in [0.5, 0.6) is 0 Å². The minimum Gasteiger partial charge on any atom is -0.321 e. The van der Waals surface area contributed by atoms with E-state index >= 15 is 0 Å². The average molecular weight is 596 g/mol. The quantitative estimate of drug-likeness (QED) is 0.148. The van der Waals surface area contributed by atoms with Crippen LogP contribution < -0.4 is 26.5 Å². The van der Waals surface area contributed by atoms with Crippen LogP contribution in [0, 0.1) is 0 Å². The van der Waals surface area contributed by atoms with E-state index in [0.29, 0.717) is 16.3 Å². The molecule has 2 N–H and O–H groups in total. The standard InChI is InChI=1S/C34H25Cl2N2O2P/c35-26-21-23-27(24-22-26)37-34(40)31(38-33(39)25-13-5-1-6-14-25)32(36)41(28-15-7-2-8-16-28,29-17-9-3-10-18-29)30-19-11-4-12-20-30/h1-24H,(H-,37,38,39,40)/p+1/b32-31-. The molecule has 0 bridgehead atoms. The summed E-state index contributed by atoms with van der Waals surface area (Å²) >= 11 is 13.6. The molecule has 0 aromatic heterocycles. The van der Waals surface area contributed by atoms with Crippen LogP contribution in [0.15, 0.2) is 156 Å². The van der Waals surface area contributed by atoms with E-state index in [1.807, 2.05) is 97.1 Å². The Morgan fingerprint density at radius 1 is 0.561 bits per heavy atom. The molecule has 0 spiro atoms. The summed E-state index contributed by atoms with van der Waals surface area (Å²) in [7, 11) is -2.87. The van der Waals surface area contributed by atoms with Gasteiger partial charge in [-0.05, 0) is 84.4 Å². The topological polar surface area (TPSA) is 58.2 Å². The fourth-order valence-corrected chi connectivity index (χ4v) is 9.68. The SMILES string of the molecule is O=C(Nc1ccc(Cl)cc1)/C(NC(=O)c1ccccc1)=C(\Cl)[P+](c1ccccc1)(c1ccccc1)c1ccccc1. The van der Waals surface area contributed by atoms with Gasteiger partial charge in [0, 0.05) is 16.3 Å². The van der Waals surface area contributed by atoms with Gasteiger partial charge in [-0.15, -0.1) is 0 Å². The smallest absolute Gasteiger partial charge is 0.277 e. The van der Waals surface area contributed by atoms with Crippen LogP contribution in [0.25, 0.3) is 0 Å². The highest BCUT2D eigenvalue weighted by Crippen LogP contribution is 2.64. The Morgan fingerprint density at radius 2 is 0.976 bits per heavy atom. The zero-order valence-corrected chi connectivity index (χ0v) is 24.3. The van der Waals surface area contributed by atoms with Gasteiger partial charge in [-0.2, -0.15) is 0 Å². The van der Waals surface area contributed by atoms with Crippen molar-refractivity contribution in [2.45, 2.75) is 0 Å². The minimum absolute atomic E-state index is 0.0274. The highest BCUT2D eigenvalue weighted by molar-refractivity contribution is 8.00. The van der Waals surface area contributed by atoms with Gasteiger partial charge in [0.05, 0.1) is 0 Å². The molecule has 7 heteroatoms. The average Bonchev–Trinajstić information content (AvgIpc) is 3.03. The van der Waals surface area contributed by atoms with E-state index in [1.54, 1.807) is 48.5 Å². The number of carbonyl (C=O) groups excluding carboxylic acids is 2. The van der Waals surface area contributed by atoms with Gasteiger partial charge in [0.25, 0.3) is 11.8 Å². The molecule has 0 aliphatic carbocycles. The summed E-state index contributed by atoms with van der Waals surface area (Å²) in [4.78, 5) is 27.6. The van der Waals surface area contributed by atoms with Crippen molar-refractivity contribution >= 4 is 63.9 Å². The van der Waals surface area contributed by atoms with Gasteiger partial charge in [0.15, 0.2) is 13.0 Å². The maximum Gasteiger partial charge on any atom is 0.277 e. The van der Waals surface area contributed by atoms with Crippen molar-refractivity contribution in [3.8, 4) is 0 Å². The molecule has 5 aromatic carbocycles. The maximum atomic E-state index is 14.1. The summed E-state index contributed by atoms with van der Waals surface area (Å²) in [5, 5.41) is 9.13. The lowest BCUT2D eigenvalue weighted by atomic mass is 10.2. The lowest BCUT2D eigenvalue weighted by Gasteiger charge is -2.28. The van der Waals surface area contributed by atoms with E-state index in [-0.39, 0.29) is 10.5 Å². The van der Waals surface area contributed by atoms with Crippen LogP contribution in [0.4, 0.5) is 5.69 Å². The largest absolute Gasteiger partial charge is 0.321 e. The molecule has 0 unspecified atom stereocenters. The molecule has 0 heterocycles. The minimum atomic E-state index is -2.87. The number of halogens is 2. The molecule has 202 valence electrons. The highest BCUT2D eigenvalue weighted by Gasteiger charge is 2.52. The van der Waals surface area contributed by atoms with E-state index < -0.39 is 19.1 Å². The molecule has 0 saturated carbocycles. The summed E-state index contributed by atoms with van der Waals surface area (Å²) in [6, 6.07) is 45.1. The molecule has 5 rings (SSSR count). The molecule has 0 aliphatic heterocycles. The van der Waals surface area contributed by atoms with Crippen molar-refractivity contribution in [2.24, 2.45) is 0 Å². The molecule has 0 radical (unpaired) electrons. The Morgan fingerprint density at radius 3 is 1.41 bits per heavy atom. The van der Waals surface area contributed by atoms with E-state index in [1.165, 1.54) is 0 Å². The molecule has 5 aromatic rings. The van der Waals surface area contributed by atoms with Gasteiger partial charge in [0.2, 0.25) is 4.77 Å². The van der Waals surface area contributed by atoms with Crippen LogP contribution in [-0.2, 0) is 4.79 Å². The maximum absolute atomic E-state index is 14.1. The fourth-order valence-electron chi connectivity index (χ4n) is 4.61. The van der Waals surface area contributed by atoms with Gasteiger partial charge >= 0.3 is 0 Å². The first kappa shape index (κ1) is 28.3. The third kappa shape index (κ3) is 6.11. The summed E-state index contributed by atoms with van der Waals surface area (Å²) < 4.78 is 0.247. The first-order chi connectivity index (χ1) is 20.0. The summed E-state index contributed by atoms with van der Waals surface area (Å²) in [6.07, 6.45) is 0. The molecular formula is C34H26Cl2N2O2P+. The zero-order valence-electron chi connectivity index (χ0n) is 21.9. The van der Waals surface area contributed by atoms with E-state index in [2.05, 4.69) is 10.6 Å². The van der Waals surface area contributed by atoms with Crippen LogP contribution in [-0.4, -0.2) is 11.8 Å². The van der Waals surface area contributed by atoms with E-state index in [0.717, 1.165) is 15.9 Å². The van der Waals surface area contributed by atoms with Crippen LogP contribution in [0.2, 0.25) is 5.02 Å². The third-order valence-corrected chi connectivity index (χ3v) is 11.8. The van der Waals surface area contributed by atoms with Gasteiger partial charge in [-0.25, -0.2) is 0 Å². The molecule has 2 amide bonds. The summed E-state index contributed by atoms with van der Waals surface area (Å²) in [5.74, 6) is -0.994. The molecule has 0 atom stereocenters. The van der Waals surface area contributed by atoms with Crippen LogP contribution >= 0.6 is 30.5 Å². The van der Waals surface area contributed by atoms with E-state index in [9.17, 15) is 9.59 Å². The second-order valence-corrected chi connectivity index (χ2v) is 13.5. The lowest BCUT2D eigenvalue weighted by Crippen LogP contribution is -2.37. The van der Waals surface area contributed by atoms with Gasteiger partial charge < -0.3 is 10.6 Å². The fraction of sp³-hybridized carbons (Fsp3) is 0. The Bertz CT molecular complexity index is 1570. The molecule has 41 heavy (non-hydrogen) atoms. The predicted molar refractivity (Wildman–Crippen MR) is 172 cm³/mol. The molecular weight excluding hydrogens is 570 g/mol. The van der Waals surface area contributed by atoms with Crippen LogP contribution in [0.3, 0.4) is 0 Å². The third-order valence-electron chi connectivity index (χ3n) is 6.53. The van der Waals surface area contributed by atoms with Crippen molar-refractivity contribution in [1.82, 2.24) is 5.32 Å². The van der Waals surface area contributed by atoms with Gasteiger partial charge in [-0.3, -0.25) is 9.59 Å². The van der Waals surface area contributed by atoms with Crippen molar-refractivity contribution in [1.29, 1.82) is 0 Å². The second-order valence-electron chi connectivity index (χ2n) is 9.12. The van der Waals surface area contributed by atoms with Crippen LogP contribution in [0.1, 0.15) is 10.4 Å². The van der Waals surface area contributed by atoms with Gasteiger partial charge in [0.1, 0.15) is 15.9 Å². The Hall–Kier alpha value is -4.21. The number of anilines is 1. The Labute approximate surface area is 250 Å². The predicted octanol–water partition coefficient (Wildman–Crippen LogP) is 7.11. The molecule has 0 aliphatic rings. The first-order valence-electron chi connectivity index (χ1n) is 12.9. The lowest BCUT2D eigenvalue weighted by molar-refractivity contribution is -0.113. The molecule has 0 saturated heterocycles.